The van der Waals surface area contributed by atoms with Crippen LogP contribution in [0.25, 0.3) is 0 Å². The van der Waals surface area contributed by atoms with Gasteiger partial charge in [0.25, 0.3) is 0 Å². The number of aromatic carboxylic acids is 1. The number of hydrogen-bond acceptors (Lipinski definition) is 4. The first-order valence-corrected chi connectivity index (χ1v) is 4.27. The molecule has 0 spiro atoms. The Morgan fingerprint density at radius 1 is 1.40 bits per heavy atom. The lowest BCUT2D eigenvalue weighted by atomic mass is 10.1. The lowest BCUT2D eigenvalue weighted by molar-refractivity contribution is 0.0693. The summed E-state index contributed by atoms with van der Waals surface area (Å²) >= 11 is 0. The Hall–Kier alpha value is -1.91. The molecule has 5 heteroatoms. The summed E-state index contributed by atoms with van der Waals surface area (Å²) in [4.78, 5) is 10.9. The highest BCUT2D eigenvalue weighted by Gasteiger charge is 2.18. The van der Waals surface area contributed by atoms with E-state index in [1.54, 1.807) is 6.92 Å². The summed E-state index contributed by atoms with van der Waals surface area (Å²) in [5, 5.41) is 8.94. The molecule has 0 saturated heterocycles. The number of methoxy groups -OCH3 is 2. The third-order valence-corrected chi connectivity index (χ3v) is 2.19. The van der Waals surface area contributed by atoms with Gasteiger partial charge >= 0.3 is 5.97 Å². The van der Waals surface area contributed by atoms with Crippen LogP contribution in [0.3, 0.4) is 0 Å². The Balaban J connectivity index is 3.51. The van der Waals surface area contributed by atoms with Gasteiger partial charge in [-0.3, -0.25) is 0 Å². The van der Waals surface area contributed by atoms with Crippen LogP contribution in [0.1, 0.15) is 15.9 Å². The van der Waals surface area contributed by atoms with E-state index in [0.29, 0.717) is 11.3 Å². The van der Waals surface area contributed by atoms with Crippen LogP contribution < -0.4 is 15.2 Å². The van der Waals surface area contributed by atoms with Gasteiger partial charge in [-0.15, -0.1) is 0 Å². The first-order valence-electron chi connectivity index (χ1n) is 4.27. The lowest BCUT2D eigenvalue weighted by Crippen LogP contribution is -2.06. The zero-order valence-corrected chi connectivity index (χ0v) is 8.83. The average molecular weight is 211 g/mol. The molecule has 0 fully saturated rings. The van der Waals surface area contributed by atoms with Gasteiger partial charge in [-0.2, -0.15) is 0 Å². The number of nitrogens with two attached hydrogens (primary N) is 1. The highest BCUT2D eigenvalue weighted by molar-refractivity contribution is 5.94. The molecule has 0 bridgehead atoms. The third-order valence-electron chi connectivity index (χ3n) is 2.19. The van der Waals surface area contributed by atoms with Gasteiger partial charge in [0.15, 0.2) is 5.75 Å². The van der Waals surface area contributed by atoms with Crippen molar-refractivity contribution in [3.63, 3.8) is 0 Å². The van der Waals surface area contributed by atoms with Crippen molar-refractivity contribution < 1.29 is 19.4 Å². The van der Waals surface area contributed by atoms with Crippen molar-refractivity contribution in [3.8, 4) is 11.5 Å². The smallest absolute Gasteiger partial charge is 0.339 e. The van der Waals surface area contributed by atoms with Gasteiger partial charge in [0.1, 0.15) is 11.3 Å². The average Bonchev–Trinajstić information content (AvgIpc) is 2.21. The van der Waals surface area contributed by atoms with Crippen LogP contribution >= 0.6 is 0 Å². The van der Waals surface area contributed by atoms with E-state index in [0.717, 1.165) is 0 Å². The SMILES string of the molecule is COc1cc(C(=O)O)c(OC)c(N)c1C. The minimum absolute atomic E-state index is 0.00236. The molecule has 0 heterocycles. The number of carboxylic acid groups (broad SMARTS) is 1. The van der Waals surface area contributed by atoms with Crippen molar-refractivity contribution in [2.24, 2.45) is 0 Å². The predicted molar refractivity (Wildman–Crippen MR) is 55.7 cm³/mol. The number of hydrogen-bond donors (Lipinski definition) is 2. The molecular weight excluding hydrogens is 198 g/mol. The van der Waals surface area contributed by atoms with Crippen molar-refractivity contribution >= 4 is 11.7 Å². The summed E-state index contributed by atoms with van der Waals surface area (Å²) in [5.74, 6) is -0.497. The molecule has 0 radical (unpaired) electrons. The van der Waals surface area contributed by atoms with Crippen LogP contribution in [0.5, 0.6) is 11.5 Å². The molecule has 0 unspecified atom stereocenters. The summed E-state index contributed by atoms with van der Waals surface area (Å²) in [5.41, 5.74) is 6.69. The monoisotopic (exact) mass is 211 g/mol. The second-order valence-corrected chi connectivity index (χ2v) is 3.00. The van der Waals surface area contributed by atoms with E-state index in [1.807, 2.05) is 0 Å². The minimum Gasteiger partial charge on any atom is -0.496 e. The van der Waals surface area contributed by atoms with E-state index >= 15 is 0 Å². The standard InChI is InChI=1S/C10H13NO4/c1-5-7(14-2)4-6(10(12)13)9(15-3)8(5)11/h4H,11H2,1-3H3,(H,12,13). The molecule has 15 heavy (non-hydrogen) atoms. The Bertz CT molecular complexity index is 401. The van der Waals surface area contributed by atoms with Crippen molar-refractivity contribution in [1.82, 2.24) is 0 Å². The van der Waals surface area contributed by atoms with Gasteiger partial charge in [-0.25, -0.2) is 4.79 Å². The van der Waals surface area contributed by atoms with Crippen LogP contribution in [0, 0.1) is 6.92 Å². The maximum atomic E-state index is 10.9. The molecule has 0 aliphatic carbocycles. The first-order chi connectivity index (χ1) is 7.02. The number of benzene rings is 1. The molecule has 3 N–H and O–H groups in total. The molecular formula is C10H13NO4. The zero-order chi connectivity index (χ0) is 11.6. The van der Waals surface area contributed by atoms with E-state index in [-0.39, 0.29) is 17.0 Å². The van der Waals surface area contributed by atoms with Gasteiger partial charge in [0, 0.05) is 5.56 Å². The Morgan fingerprint density at radius 3 is 2.40 bits per heavy atom. The summed E-state index contributed by atoms with van der Waals surface area (Å²) in [6, 6.07) is 1.40. The summed E-state index contributed by atoms with van der Waals surface area (Å²) in [6.45, 7) is 1.74. The van der Waals surface area contributed by atoms with Crippen LogP contribution in [0.2, 0.25) is 0 Å². The van der Waals surface area contributed by atoms with E-state index in [4.69, 9.17) is 20.3 Å². The van der Waals surface area contributed by atoms with E-state index < -0.39 is 5.97 Å². The molecule has 0 atom stereocenters. The fourth-order valence-electron chi connectivity index (χ4n) is 1.34. The predicted octanol–water partition coefficient (Wildman–Crippen LogP) is 1.29. The number of carboxylic acids is 1. The fourth-order valence-corrected chi connectivity index (χ4v) is 1.34. The number of nitrogen functional groups attached to an aromatic ring is 1. The van der Waals surface area contributed by atoms with Crippen LogP contribution in [0.15, 0.2) is 6.07 Å². The van der Waals surface area contributed by atoms with Crippen LogP contribution in [-0.2, 0) is 0 Å². The molecule has 1 aromatic rings. The molecule has 1 aromatic carbocycles. The Labute approximate surface area is 87.4 Å². The fraction of sp³-hybridized carbons (Fsp3) is 0.300. The van der Waals surface area contributed by atoms with E-state index in [9.17, 15) is 4.79 Å². The van der Waals surface area contributed by atoms with Gasteiger partial charge < -0.3 is 20.3 Å². The van der Waals surface area contributed by atoms with Crippen LogP contribution in [0.4, 0.5) is 5.69 Å². The lowest BCUT2D eigenvalue weighted by Gasteiger charge is -2.13. The molecule has 0 aliphatic heterocycles. The number of rotatable bonds is 3. The quantitative estimate of drug-likeness (QED) is 0.736. The molecule has 82 valence electrons. The normalized spacial score (nSPS) is 9.80. The Kier molecular flexibility index (Phi) is 3.04. The van der Waals surface area contributed by atoms with Crippen LogP contribution in [-0.4, -0.2) is 25.3 Å². The maximum Gasteiger partial charge on any atom is 0.339 e. The highest BCUT2D eigenvalue weighted by atomic mass is 16.5. The van der Waals surface area contributed by atoms with Gasteiger partial charge in [0.05, 0.1) is 19.9 Å². The van der Waals surface area contributed by atoms with Crippen molar-refractivity contribution in [2.75, 3.05) is 20.0 Å². The molecule has 0 aliphatic rings. The summed E-state index contributed by atoms with van der Waals surface area (Å²) in [7, 11) is 2.84. The van der Waals surface area contributed by atoms with E-state index in [2.05, 4.69) is 0 Å². The van der Waals surface area contributed by atoms with Crippen molar-refractivity contribution in [1.29, 1.82) is 0 Å². The third kappa shape index (κ3) is 1.81. The summed E-state index contributed by atoms with van der Waals surface area (Å²) < 4.78 is 9.97. The van der Waals surface area contributed by atoms with Gasteiger partial charge in [-0.05, 0) is 13.0 Å². The second kappa shape index (κ2) is 4.08. The van der Waals surface area contributed by atoms with E-state index in [1.165, 1.54) is 20.3 Å². The molecule has 0 aromatic heterocycles. The van der Waals surface area contributed by atoms with Crippen molar-refractivity contribution in [2.45, 2.75) is 6.92 Å². The van der Waals surface area contributed by atoms with Crippen molar-refractivity contribution in [3.05, 3.63) is 17.2 Å². The number of ether oxygens (including phenoxy) is 2. The maximum absolute atomic E-state index is 10.9. The largest absolute Gasteiger partial charge is 0.496 e. The van der Waals surface area contributed by atoms with Gasteiger partial charge in [0.2, 0.25) is 0 Å². The summed E-state index contributed by atoms with van der Waals surface area (Å²) in [6.07, 6.45) is 0. The number of carbonyl (C=O) groups is 1. The highest BCUT2D eigenvalue weighted by Crippen LogP contribution is 2.35. The van der Waals surface area contributed by atoms with Gasteiger partial charge in [-0.1, -0.05) is 0 Å². The zero-order valence-electron chi connectivity index (χ0n) is 8.83. The molecule has 0 saturated carbocycles. The first kappa shape index (κ1) is 11.2. The molecule has 0 amide bonds. The Morgan fingerprint density at radius 2 is 2.00 bits per heavy atom. The topological polar surface area (TPSA) is 81.8 Å². The molecule has 1 rings (SSSR count). The number of anilines is 1. The second-order valence-electron chi connectivity index (χ2n) is 3.00. The minimum atomic E-state index is -1.10. The molecule has 5 nitrogen and oxygen atoms in total.